The van der Waals surface area contributed by atoms with Gasteiger partial charge in [0.25, 0.3) is 0 Å². The lowest BCUT2D eigenvalue weighted by Crippen LogP contribution is -2.16. The molecule has 0 saturated carbocycles. The fourth-order valence-corrected chi connectivity index (χ4v) is 2.12. The SMILES string of the molecule is Cc1ccc(-n2cc(C(=O)O)c(C(C)(C)C)n2)cc1Cl. The van der Waals surface area contributed by atoms with Gasteiger partial charge in [-0.2, -0.15) is 5.10 Å². The highest BCUT2D eigenvalue weighted by Gasteiger charge is 2.26. The molecule has 0 saturated heterocycles. The maximum Gasteiger partial charge on any atom is 0.339 e. The molecular formula is C15H17ClN2O2. The molecule has 1 N–H and O–H groups in total. The van der Waals surface area contributed by atoms with Crippen LogP contribution in [-0.2, 0) is 5.41 Å². The van der Waals surface area contributed by atoms with E-state index in [-0.39, 0.29) is 11.0 Å². The Kier molecular flexibility index (Phi) is 3.61. The molecule has 20 heavy (non-hydrogen) atoms. The van der Waals surface area contributed by atoms with Crippen LogP contribution in [0.5, 0.6) is 0 Å². The van der Waals surface area contributed by atoms with Gasteiger partial charge >= 0.3 is 5.97 Å². The maximum absolute atomic E-state index is 11.4. The molecule has 0 aliphatic carbocycles. The van der Waals surface area contributed by atoms with Gasteiger partial charge in [-0.1, -0.05) is 38.4 Å². The molecule has 2 rings (SSSR count). The predicted octanol–water partition coefficient (Wildman–Crippen LogP) is 3.83. The number of hydrogen-bond acceptors (Lipinski definition) is 2. The van der Waals surface area contributed by atoms with Crippen molar-refractivity contribution in [2.45, 2.75) is 33.1 Å². The fourth-order valence-electron chi connectivity index (χ4n) is 1.94. The number of aryl methyl sites for hydroxylation is 1. The highest BCUT2D eigenvalue weighted by atomic mass is 35.5. The molecule has 0 atom stereocenters. The van der Waals surface area contributed by atoms with Crippen molar-refractivity contribution in [3.8, 4) is 5.69 Å². The van der Waals surface area contributed by atoms with Crippen molar-refractivity contribution in [3.63, 3.8) is 0 Å². The molecule has 0 fully saturated rings. The first-order chi connectivity index (χ1) is 9.20. The Morgan fingerprint density at radius 1 is 1.35 bits per heavy atom. The normalized spacial score (nSPS) is 11.7. The number of carbonyl (C=O) groups is 1. The molecule has 0 spiro atoms. The summed E-state index contributed by atoms with van der Waals surface area (Å²) in [5.41, 5.74) is 2.15. The van der Waals surface area contributed by atoms with Gasteiger partial charge in [-0.05, 0) is 24.6 Å². The number of rotatable bonds is 2. The quantitative estimate of drug-likeness (QED) is 0.915. The number of halogens is 1. The molecule has 0 unspecified atom stereocenters. The summed E-state index contributed by atoms with van der Waals surface area (Å²) in [6.07, 6.45) is 1.53. The number of hydrogen-bond donors (Lipinski definition) is 1. The van der Waals surface area contributed by atoms with E-state index in [1.165, 1.54) is 6.20 Å². The number of carboxylic acids is 1. The van der Waals surface area contributed by atoms with Crippen molar-refractivity contribution in [3.05, 3.63) is 46.2 Å². The Morgan fingerprint density at radius 2 is 2.00 bits per heavy atom. The maximum atomic E-state index is 11.4. The van der Waals surface area contributed by atoms with Crippen LogP contribution in [0.2, 0.25) is 5.02 Å². The molecule has 1 aromatic heterocycles. The lowest BCUT2D eigenvalue weighted by molar-refractivity contribution is 0.0694. The highest BCUT2D eigenvalue weighted by Crippen LogP contribution is 2.26. The number of benzene rings is 1. The fraction of sp³-hybridized carbons (Fsp3) is 0.333. The molecule has 4 nitrogen and oxygen atoms in total. The first kappa shape index (κ1) is 14.6. The summed E-state index contributed by atoms with van der Waals surface area (Å²) in [5, 5.41) is 14.4. The second kappa shape index (κ2) is 4.94. The van der Waals surface area contributed by atoms with Crippen LogP contribution in [-0.4, -0.2) is 20.9 Å². The van der Waals surface area contributed by atoms with Gasteiger partial charge in [-0.25, -0.2) is 9.48 Å². The van der Waals surface area contributed by atoms with Gasteiger partial charge in [0.2, 0.25) is 0 Å². The van der Waals surface area contributed by atoms with Gasteiger partial charge in [0.05, 0.1) is 11.4 Å². The summed E-state index contributed by atoms with van der Waals surface area (Å²) in [4.78, 5) is 11.4. The van der Waals surface area contributed by atoms with Crippen LogP contribution >= 0.6 is 11.6 Å². The second-order valence-corrected chi connectivity index (χ2v) is 6.23. The highest BCUT2D eigenvalue weighted by molar-refractivity contribution is 6.31. The van der Waals surface area contributed by atoms with Gasteiger partial charge in [0.15, 0.2) is 0 Å². The predicted molar refractivity (Wildman–Crippen MR) is 79.0 cm³/mol. The molecule has 0 aliphatic rings. The molecule has 0 amide bonds. The van der Waals surface area contributed by atoms with Gasteiger partial charge in [-0.15, -0.1) is 0 Å². The number of aromatic nitrogens is 2. The van der Waals surface area contributed by atoms with Crippen LogP contribution in [0, 0.1) is 6.92 Å². The standard InChI is InChI=1S/C15H17ClN2O2/c1-9-5-6-10(7-12(9)16)18-8-11(14(19)20)13(17-18)15(2,3)4/h5-8H,1-4H3,(H,19,20). The summed E-state index contributed by atoms with van der Waals surface area (Å²) in [6.45, 7) is 7.73. The summed E-state index contributed by atoms with van der Waals surface area (Å²) >= 11 is 6.11. The summed E-state index contributed by atoms with van der Waals surface area (Å²) in [6, 6.07) is 5.53. The average molecular weight is 293 g/mol. The Balaban J connectivity index is 2.58. The molecular weight excluding hydrogens is 276 g/mol. The summed E-state index contributed by atoms with van der Waals surface area (Å²) < 4.78 is 1.56. The third-order valence-electron chi connectivity index (χ3n) is 3.08. The zero-order chi connectivity index (χ0) is 15.1. The van der Waals surface area contributed by atoms with Crippen LogP contribution in [0.1, 0.15) is 42.4 Å². The van der Waals surface area contributed by atoms with E-state index in [1.54, 1.807) is 10.7 Å². The van der Waals surface area contributed by atoms with E-state index in [1.807, 2.05) is 39.8 Å². The topological polar surface area (TPSA) is 55.1 Å². The van der Waals surface area contributed by atoms with E-state index in [2.05, 4.69) is 5.10 Å². The summed E-state index contributed by atoms with van der Waals surface area (Å²) in [5.74, 6) is -0.973. The van der Waals surface area contributed by atoms with E-state index in [4.69, 9.17) is 11.6 Å². The van der Waals surface area contributed by atoms with Crippen molar-refractivity contribution >= 4 is 17.6 Å². The van der Waals surface area contributed by atoms with Crippen molar-refractivity contribution < 1.29 is 9.90 Å². The minimum Gasteiger partial charge on any atom is -0.478 e. The zero-order valence-corrected chi connectivity index (χ0v) is 12.7. The Labute approximate surface area is 123 Å². The van der Waals surface area contributed by atoms with E-state index in [0.717, 1.165) is 11.3 Å². The molecule has 106 valence electrons. The average Bonchev–Trinajstić information content (AvgIpc) is 2.77. The van der Waals surface area contributed by atoms with Crippen molar-refractivity contribution in [2.75, 3.05) is 0 Å². The van der Waals surface area contributed by atoms with Crippen LogP contribution < -0.4 is 0 Å². The number of carboxylic acid groups (broad SMARTS) is 1. The Hall–Kier alpha value is -1.81. The molecule has 1 heterocycles. The smallest absolute Gasteiger partial charge is 0.339 e. The van der Waals surface area contributed by atoms with Gasteiger partial charge in [0.1, 0.15) is 5.56 Å². The molecule has 1 aromatic carbocycles. The summed E-state index contributed by atoms with van der Waals surface area (Å²) in [7, 11) is 0. The third kappa shape index (κ3) is 2.70. The van der Waals surface area contributed by atoms with Crippen LogP contribution in [0.3, 0.4) is 0 Å². The molecule has 0 aliphatic heterocycles. The first-order valence-electron chi connectivity index (χ1n) is 6.30. The third-order valence-corrected chi connectivity index (χ3v) is 3.48. The minimum atomic E-state index is -0.973. The Morgan fingerprint density at radius 3 is 2.45 bits per heavy atom. The van der Waals surface area contributed by atoms with E-state index >= 15 is 0 Å². The van der Waals surface area contributed by atoms with Crippen molar-refractivity contribution in [1.29, 1.82) is 0 Å². The first-order valence-corrected chi connectivity index (χ1v) is 6.68. The molecule has 2 aromatic rings. The van der Waals surface area contributed by atoms with E-state index in [9.17, 15) is 9.90 Å². The molecule has 0 bridgehead atoms. The van der Waals surface area contributed by atoms with Gasteiger partial charge < -0.3 is 5.11 Å². The monoisotopic (exact) mass is 292 g/mol. The zero-order valence-electron chi connectivity index (χ0n) is 11.9. The number of nitrogens with zero attached hydrogens (tertiary/aromatic N) is 2. The lowest BCUT2D eigenvalue weighted by atomic mass is 9.90. The van der Waals surface area contributed by atoms with Crippen LogP contribution in [0.25, 0.3) is 5.69 Å². The van der Waals surface area contributed by atoms with Gasteiger partial charge in [0, 0.05) is 16.6 Å². The Bertz CT molecular complexity index is 669. The lowest BCUT2D eigenvalue weighted by Gasteiger charge is -2.16. The van der Waals surface area contributed by atoms with Crippen molar-refractivity contribution in [1.82, 2.24) is 9.78 Å². The van der Waals surface area contributed by atoms with Crippen LogP contribution in [0.15, 0.2) is 24.4 Å². The second-order valence-electron chi connectivity index (χ2n) is 5.82. The minimum absolute atomic E-state index is 0.217. The molecule has 5 heteroatoms. The van der Waals surface area contributed by atoms with Crippen molar-refractivity contribution in [2.24, 2.45) is 0 Å². The largest absolute Gasteiger partial charge is 0.478 e. The number of aromatic carboxylic acids is 1. The van der Waals surface area contributed by atoms with E-state index < -0.39 is 5.97 Å². The van der Waals surface area contributed by atoms with Crippen LogP contribution in [0.4, 0.5) is 0 Å². The van der Waals surface area contributed by atoms with Gasteiger partial charge in [-0.3, -0.25) is 0 Å². The van der Waals surface area contributed by atoms with E-state index in [0.29, 0.717) is 10.7 Å². The molecule has 0 radical (unpaired) electrons.